The molecule has 0 unspecified atom stereocenters. The minimum atomic E-state index is -0.681. The van der Waals surface area contributed by atoms with Crippen LogP contribution in [0, 0.1) is 0 Å². The minimum absolute atomic E-state index is 0.0764. The highest BCUT2D eigenvalue weighted by atomic mass is 16.5. The molecule has 5 nitrogen and oxygen atoms in total. The van der Waals surface area contributed by atoms with Crippen LogP contribution in [0.25, 0.3) is 0 Å². The third kappa shape index (κ3) is 1.98. The summed E-state index contributed by atoms with van der Waals surface area (Å²) >= 11 is 0. The molecule has 2 N–H and O–H groups in total. The fraction of sp³-hybridized carbons (Fsp3) is 0.467. The van der Waals surface area contributed by atoms with Gasteiger partial charge in [-0.15, -0.1) is 0 Å². The van der Waals surface area contributed by atoms with Crippen LogP contribution in [-0.4, -0.2) is 31.1 Å². The van der Waals surface area contributed by atoms with Gasteiger partial charge in [-0.2, -0.15) is 0 Å². The molecule has 1 fully saturated rings. The van der Waals surface area contributed by atoms with Gasteiger partial charge >= 0.3 is 0 Å². The zero-order valence-electron chi connectivity index (χ0n) is 11.5. The lowest BCUT2D eigenvalue weighted by molar-refractivity contribution is -0.148. The molecule has 2 amide bonds. The quantitative estimate of drug-likeness (QED) is 0.877. The fourth-order valence-corrected chi connectivity index (χ4v) is 2.84. The van der Waals surface area contributed by atoms with E-state index in [1.165, 1.54) is 0 Å². The molecular formula is C15H18N2O3. The molecule has 1 heterocycles. The monoisotopic (exact) mass is 274 g/mol. The van der Waals surface area contributed by atoms with Crippen LogP contribution < -0.4 is 10.6 Å². The van der Waals surface area contributed by atoms with Crippen molar-refractivity contribution in [3.05, 3.63) is 29.3 Å². The predicted molar refractivity (Wildman–Crippen MR) is 74.7 cm³/mol. The van der Waals surface area contributed by atoms with Crippen LogP contribution in [0.3, 0.4) is 0 Å². The summed E-state index contributed by atoms with van der Waals surface area (Å²) in [5.41, 5.74) is 1.61. The molecular weight excluding hydrogens is 256 g/mol. The number of hydrogen-bond donors (Lipinski definition) is 2. The van der Waals surface area contributed by atoms with Gasteiger partial charge in [0, 0.05) is 24.9 Å². The first kappa shape index (κ1) is 13.1. The smallest absolute Gasteiger partial charge is 0.256 e. The van der Waals surface area contributed by atoms with Gasteiger partial charge in [-0.3, -0.25) is 9.59 Å². The van der Waals surface area contributed by atoms with Crippen molar-refractivity contribution in [3.63, 3.8) is 0 Å². The van der Waals surface area contributed by atoms with Crippen molar-refractivity contribution in [1.29, 1.82) is 0 Å². The van der Waals surface area contributed by atoms with Crippen LogP contribution in [0.15, 0.2) is 18.2 Å². The van der Waals surface area contributed by atoms with E-state index in [1.807, 2.05) is 6.07 Å². The molecule has 1 aromatic carbocycles. The highest BCUT2D eigenvalue weighted by Gasteiger charge is 2.44. The Morgan fingerprint density at radius 1 is 1.40 bits per heavy atom. The molecule has 5 heteroatoms. The van der Waals surface area contributed by atoms with Crippen LogP contribution in [0.5, 0.6) is 0 Å². The number of benzene rings is 1. The lowest BCUT2D eigenvalue weighted by Gasteiger charge is -2.38. The molecule has 0 bridgehead atoms. The third-order valence-electron chi connectivity index (χ3n) is 4.30. The SMILES string of the molecule is COC1(C(=O)Nc2cccc3c2CCNC3=O)CCC1. The molecule has 20 heavy (non-hydrogen) atoms. The second-order valence-electron chi connectivity index (χ2n) is 5.34. The second-order valence-corrected chi connectivity index (χ2v) is 5.34. The van der Waals surface area contributed by atoms with Gasteiger partial charge < -0.3 is 15.4 Å². The Bertz CT molecular complexity index is 559. The lowest BCUT2D eigenvalue weighted by Crippen LogP contribution is -2.50. The zero-order chi connectivity index (χ0) is 14.2. The van der Waals surface area contributed by atoms with Crippen LogP contribution in [-0.2, 0) is 16.0 Å². The van der Waals surface area contributed by atoms with Crippen molar-refractivity contribution < 1.29 is 14.3 Å². The number of rotatable bonds is 3. The standard InChI is InChI=1S/C15H18N2O3/c1-20-15(7-3-8-15)14(19)17-12-5-2-4-11-10(12)6-9-16-13(11)18/h2,4-5H,3,6-9H2,1H3,(H,16,18)(H,17,19). The summed E-state index contributed by atoms with van der Waals surface area (Å²) in [7, 11) is 1.58. The number of nitrogens with one attached hydrogen (secondary N) is 2. The van der Waals surface area contributed by atoms with E-state index in [4.69, 9.17) is 4.74 Å². The number of carbonyl (C=O) groups excluding carboxylic acids is 2. The topological polar surface area (TPSA) is 67.4 Å². The van der Waals surface area contributed by atoms with E-state index < -0.39 is 5.60 Å². The number of methoxy groups -OCH3 is 1. The average molecular weight is 274 g/mol. The molecule has 0 aromatic heterocycles. The van der Waals surface area contributed by atoms with Gasteiger partial charge in [0.15, 0.2) is 0 Å². The van der Waals surface area contributed by atoms with Crippen molar-refractivity contribution in [1.82, 2.24) is 5.32 Å². The second kappa shape index (κ2) is 4.90. The number of ether oxygens (including phenoxy) is 1. The molecule has 0 atom stereocenters. The average Bonchev–Trinajstić information content (AvgIpc) is 2.39. The summed E-state index contributed by atoms with van der Waals surface area (Å²) in [6, 6.07) is 5.42. The van der Waals surface area contributed by atoms with E-state index in [2.05, 4.69) is 10.6 Å². The molecule has 1 aromatic rings. The summed E-state index contributed by atoms with van der Waals surface area (Å²) in [5.74, 6) is -0.182. The molecule has 0 radical (unpaired) electrons. The van der Waals surface area contributed by atoms with E-state index in [0.717, 1.165) is 36.9 Å². The summed E-state index contributed by atoms with van der Waals surface area (Å²) in [6.45, 7) is 0.605. The normalized spacial score (nSPS) is 19.6. The molecule has 0 saturated heterocycles. The maximum Gasteiger partial charge on any atom is 0.256 e. The summed E-state index contributed by atoms with van der Waals surface area (Å²) in [4.78, 5) is 24.2. The Balaban J connectivity index is 1.86. The molecule has 2 aliphatic rings. The maximum absolute atomic E-state index is 12.4. The first-order valence-electron chi connectivity index (χ1n) is 6.93. The van der Waals surface area contributed by atoms with E-state index in [-0.39, 0.29) is 11.8 Å². The van der Waals surface area contributed by atoms with Crippen LogP contribution in [0.4, 0.5) is 5.69 Å². The summed E-state index contributed by atoms with van der Waals surface area (Å²) in [6.07, 6.45) is 3.25. The van der Waals surface area contributed by atoms with Crippen LogP contribution in [0.1, 0.15) is 35.2 Å². The Morgan fingerprint density at radius 3 is 2.85 bits per heavy atom. The van der Waals surface area contributed by atoms with Crippen molar-refractivity contribution in [3.8, 4) is 0 Å². The van der Waals surface area contributed by atoms with Gasteiger partial charge in [-0.1, -0.05) is 6.07 Å². The zero-order valence-corrected chi connectivity index (χ0v) is 11.5. The van der Waals surface area contributed by atoms with Gasteiger partial charge in [0.05, 0.1) is 0 Å². The maximum atomic E-state index is 12.4. The van der Waals surface area contributed by atoms with E-state index in [1.54, 1.807) is 19.2 Å². The van der Waals surface area contributed by atoms with E-state index >= 15 is 0 Å². The van der Waals surface area contributed by atoms with Gasteiger partial charge in [0.25, 0.3) is 11.8 Å². The van der Waals surface area contributed by atoms with E-state index in [9.17, 15) is 9.59 Å². The van der Waals surface area contributed by atoms with Gasteiger partial charge in [0.1, 0.15) is 5.60 Å². The number of hydrogen-bond acceptors (Lipinski definition) is 3. The number of anilines is 1. The first-order chi connectivity index (χ1) is 9.66. The molecule has 1 aliphatic heterocycles. The largest absolute Gasteiger partial charge is 0.368 e. The molecule has 1 saturated carbocycles. The molecule has 0 spiro atoms. The van der Waals surface area contributed by atoms with Crippen LogP contribution in [0.2, 0.25) is 0 Å². The molecule has 3 rings (SSSR count). The highest BCUT2D eigenvalue weighted by molar-refractivity contribution is 6.02. The van der Waals surface area contributed by atoms with Crippen molar-refractivity contribution in [2.75, 3.05) is 19.0 Å². The minimum Gasteiger partial charge on any atom is -0.368 e. The summed E-state index contributed by atoms with van der Waals surface area (Å²) in [5, 5.41) is 5.75. The predicted octanol–water partition coefficient (Wildman–Crippen LogP) is 1.48. The molecule has 1 aliphatic carbocycles. The highest BCUT2D eigenvalue weighted by Crippen LogP contribution is 2.36. The van der Waals surface area contributed by atoms with Crippen molar-refractivity contribution >= 4 is 17.5 Å². The number of fused-ring (bicyclic) bond motifs is 1. The Morgan fingerprint density at radius 2 is 2.20 bits per heavy atom. The van der Waals surface area contributed by atoms with Crippen LogP contribution >= 0.6 is 0 Å². The van der Waals surface area contributed by atoms with Crippen molar-refractivity contribution in [2.45, 2.75) is 31.3 Å². The Hall–Kier alpha value is -1.88. The van der Waals surface area contributed by atoms with E-state index in [0.29, 0.717) is 12.1 Å². The Kier molecular flexibility index (Phi) is 3.22. The van der Waals surface area contributed by atoms with Gasteiger partial charge in [-0.25, -0.2) is 0 Å². The summed E-state index contributed by atoms with van der Waals surface area (Å²) < 4.78 is 5.38. The lowest BCUT2D eigenvalue weighted by atomic mass is 9.79. The number of carbonyl (C=O) groups is 2. The number of amides is 2. The molecule has 106 valence electrons. The van der Waals surface area contributed by atoms with Gasteiger partial charge in [-0.05, 0) is 43.4 Å². The fourth-order valence-electron chi connectivity index (χ4n) is 2.84. The van der Waals surface area contributed by atoms with Gasteiger partial charge in [0.2, 0.25) is 0 Å². The first-order valence-corrected chi connectivity index (χ1v) is 6.93. The van der Waals surface area contributed by atoms with Crippen molar-refractivity contribution in [2.24, 2.45) is 0 Å². The Labute approximate surface area is 117 Å². The third-order valence-corrected chi connectivity index (χ3v) is 4.30.